The molecule has 1 amide bonds. The maximum atomic E-state index is 12.3. The monoisotopic (exact) mass is 341 g/mol. The largest absolute Gasteiger partial charge is 0.361 e. The van der Waals surface area contributed by atoms with Crippen LogP contribution in [0.3, 0.4) is 0 Å². The number of hydrogen-bond acceptors (Lipinski definition) is 4. The molecule has 2 heterocycles. The minimum Gasteiger partial charge on any atom is -0.361 e. The van der Waals surface area contributed by atoms with Crippen molar-refractivity contribution in [3.63, 3.8) is 0 Å². The number of amides is 1. The number of aryl methyl sites for hydroxylation is 4. The van der Waals surface area contributed by atoms with Gasteiger partial charge in [0.25, 0.3) is 5.91 Å². The molecule has 25 heavy (non-hydrogen) atoms. The van der Waals surface area contributed by atoms with Crippen LogP contribution < -0.4 is 5.32 Å². The highest BCUT2D eigenvalue weighted by Gasteiger charge is 2.24. The van der Waals surface area contributed by atoms with Gasteiger partial charge in [-0.05, 0) is 63.3 Å². The van der Waals surface area contributed by atoms with E-state index < -0.39 is 0 Å². The van der Waals surface area contributed by atoms with Crippen LogP contribution in [0.4, 0.5) is 0 Å². The normalized spacial score (nSPS) is 17.8. The van der Waals surface area contributed by atoms with Crippen molar-refractivity contribution in [3.05, 3.63) is 51.9 Å². The van der Waals surface area contributed by atoms with Gasteiger partial charge in [-0.3, -0.25) is 9.69 Å². The molecule has 0 saturated carbocycles. The molecule has 1 N–H and O–H groups in total. The fraction of sp³-hybridized carbons (Fsp3) is 0.500. The standard InChI is InChI=1S/C20H27N3O2/c1-13-5-6-17(9-14(13)2)11-23-8-7-18(12-23)10-21-20(24)19-15(3)22-25-16(19)4/h5-6,9,18H,7-8,10-12H2,1-4H3,(H,21,24). The van der Waals surface area contributed by atoms with Crippen LogP contribution >= 0.6 is 0 Å². The fourth-order valence-electron chi connectivity index (χ4n) is 3.52. The average molecular weight is 341 g/mol. The number of benzene rings is 1. The van der Waals surface area contributed by atoms with Crippen LogP contribution in [0, 0.1) is 33.6 Å². The molecule has 1 atom stereocenters. The second kappa shape index (κ2) is 7.40. The van der Waals surface area contributed by atoms with Crippen molar-refractivity contribution in [2.75, 3.05) is 19.6 Å². The zero-order valence-corrected chi connectivity index (χ0v) is 15.6. The molecular weight excluding hydrogens is 314 g/mol. The summed E-state index contributed by atoms with van der Waals surface area (Å²) in [4.78, 5) is 14.8. The van der Waals surface area contributed by atoms with E-state index >= 15 is 0 Å². The van der Waals surface area contributed by atoms with Gasteiger partial charge in [-0.25, -0.2) is 0 Å². The Kier molecular flexibility index (Phi) is 5.23. The summed E-state index contributed by atoms with van der Waals surface area (Å²) in [6, 6.07) is 6.69. The van der Waals surface area contributed by atoms with E-state index in [1.807, 2.05) is 0 Å². The van der Waals surface area contributed by atoms with Gasteiger partial charge >= 0.3 is 0 Å². The minimum absolute atomic E-state index is 0.0798. The molecular formula is C20H27N3O2. The molecule has 5 nitrogen and oxygen atoms in total. The third-order valence-electron chi connectivity index (χ3n) is 5.16. The molecule has 0 spiro atoms. The van der Waals surface area contributed by atoms with Gasteiger partial charge in [-0.1, -0.05) is 23.4 Å². The Morgan fingerprint density at radius 3 is 2.76 bits per heavy atom. The summed E-state index contributed by atoms with van der Waals surface area (Å²) in [7, 11) is 0. The second-order valence-electron chi connectivity index (χ2n) is 7.22. The molecule has 1 saturated heterocycles. The summed E-state index contributed by atoms with van der Waals surface area (Å²) in [6.45, 7) is 11.7. The third-order valence-corrected chi connectivity index (χ3v) is 5.16. The highest BCUT2D eigenvalue weighted by molar-refractivity contribution is 5.96. The molecule has 1 aliphatic heterocycles. The maximum absolute atomic E-state index is 12.3. The minimum atomic E-state index is -0.0798. The Morgan fingerprint density at radius 2 is 2.08 bits per heavy atom. The van der Waals surface area contributed by atoms with E-state index in [-0.39, 0.29) is 5.91 Å². The zero-order valence-electron chi connectivity index (χ0n) is 15.6. The smallest absolute Gasteiger partial charge is 0.256 e. The Labute approximate surface area is 149 Å². The van der Waals surface area contributed by atoms with Crippen molar-refractivity contribution in [2.45, 2.75) is 40.7 Å². The summed E-state index contributed by atoms with van der Waals surface area (Å²) in [5.74, 6) is 0.998. The lowest BCUT2D eigenvalue weighted by molar-refractivity contribution is 0.0945. The lowest BCUT2D eigenvalue weighted by Crippen LogP contribution is -2.31. The van der Waals surface area contributed by atoms with E-state index in [9.17, 15) is 4.79 Å². The quantitative estimate of drug-likeness (QED) is 0.907. The maximum Gasteiger partial charge on any atom is 0.256 e. The van der Waals surface area contributed by atoms with E-state index in [1.54, 1.807) is 13.8 Å². The average Bonchev–Trinajstić information content (AvgIpc) is 3.15. The van der Waals surface area contributed by atoms with Crippen molar-refractivity contribution >= 4 is 5.91 Å². The first kappa shape index (κ1) is 17.7. The van der Waals surface area contributed by atoms with Crippen molar-refractivity contribution in [2.24, 2.45) is 5.92 Å². The number of rotatable bonds is 5. The van der Waals surface area contributed by atoms with Gasteiger partial charge in [-0.15, -0.1) is 0 Å². The van der Waals surface area contributed by atoms with E-state index in [4.69, 9.17) is 4.52 Å². The summed E-state index contributed by atoms with van der Waals surface area (Å²) < 4.78 is 5.07. The number of nitrogens with zero attached hydrogens (tertiary/aromatic N) is 2. The lowest BCUT2D eigenvalue weighted by Gasteiger charge is -2.17. The van der Waals surface area contributed by atoms with Gasteiger partial charge in [-0.2, -0.15) is 0 Å². The van der Waals surface area contributed by atoms with Crippen LogP contribution in [0.5, 0.6) is 0 Å². The molecule has 0 bridgehead atoms. The van der Waals surface area contributed by atoms with Crippen molar-refractivity contribution in [1.29, 1.82) is 0 Å². The summed E-state index contributed by atoms with van der Waals surface area (Å²) in [6.07, 6.45) is 1.12. The van der Waals surface area contributed by atoms with Crippen LogP contribution in [0.15, 0.2) is 22.7 Å². The van der Waals surface area contributed by atoms with Crippen molar-refractivity contribution in [1.82, 2.24) is 15.4 Å². The van der Waals surface area contributed by atoms with Crippen LogP contribution in [0.1, 0.15) is 44.9 Å². The Balaban J connectivity index is 1.50. The Morgan fingerprint density at radius 1 is 1.28 bits per heavy atom. The fourth-order valence-corrected chi connectivity index (χ4v) is 3.52. The summed E-state index contributed by atoms with van der Waals surface area (Å²) >= 11 is 0. The van der Waals surface area contributed by atoms with Crippen molar-refractivity contribution < 1.29 is 9.32 Å². The highest BCUT2D eigenvalue weighted by atomic mass is 16.5. The van der Waals surface area contributed by atoms with Crippen LogP contribution in [-0.2, 0) is 6.54 Å². The first-order valence-corrected chi connectivity index (χ1v) is 8.93. The molecule has 134 valence electrons. The first-order valence-electron chi connectivity index (χ1n) is 8.93. The number of carbonyl (C=O) groups excluding carboxylic acids is 1. The van der Waals surface area contributed by atoms with Crippen LogP contribution in [-0.4, -0.2) is 35.6 Å². The number of nitrogens with one attached hydrogen (secondary N) is 1. The predicted molar refractivity (Wildman–Crippen MR) is 97.6 cm³/mol. The summed E-state index contributed by atoms with van der Waals surface area (Å²) in [5, 5.41) is 6.89. The van der Waals surface area contributed by atoms with E-state index in [2.05, 4.69) is 47.4 Å². The molecule has 1 fully saturated rings. The van der Waals surface area contributed by atoms with Gasteiger partial charge in [0.1, 0.15) is 11.3 Å². The number of carbonyl (C=O) groups is 1. The Hall–Kier alpha value is -2.14. The molecule has 5 heteroatoms. The molecule has 1 aliphatic rings. The van der Waals surface area contributed by atoms with E-state index in [1.165, 1.54) is 16.7 Å². The third kappa shape index (κ3) is 4.10. The molecule has 0 aliphatic carbocycles. The number of hydrogen-bond donors (Lipinski definition) is 1. The predicted octanol–water partition coefficient (Wildman–Crippen LogP) is 3.16. The number of likely N-dealkylation sites (tertiary alicyclic amines) is 1. The topological polar surface area (TPSA) is 58.4 Å². The van der Waals surface area contributed by atoms with Crippen LogP contribution in [0.25, 0.3) is 0 Å². The summed E-state index contributed by atoms with van der Waals surface area (Å²) in [5.41, 5.74) is 5.27. The SMILES string of the molecule is Cc1ccc(CN2CCC(CNC(=O)c3c(C)noc3C)C2)cc1C. The van der Waals surface area contributed by atoms with E-state index in [0.29, 0.717) is 29.5 Å². The van der Waals surface area contributed by atoms with Gasteiger partial charge in [0.2, 0.25) is 0 Å². The highest BCUT2D eigenvalue weighted by Crippen LogP contribution is 2.20. The second-order valence-corrected chi connectivity index (χ2v) is 7.22. The van der Waals surface area contributed by atoms with Gasteiger partial charge < -0.3 is 9.84 Å². The molecule has 1 unspecified atom stereocenters. The molecule has 1 aromatic heterocycles. The van der Waals surface area contributed by atoms with Crippen molar-refractivity contribution in [3.8, 4) is 0 Å². The zero-order chi connectivity index (χ0) is 18.0. The Bertz CT molecular complexity index is 747. The lowest BCUT2D eigenvalue weighted by atomic mass is 10.1. The van der Waals surface area contributed by atoms with E-state index in [0.717, 1.165) is 26.1 Å². The molecule has 1 aromatic carbocycles. The van der Waals surface area contributed by atoms with Gasteiger partial charge in [0, 0.05) is 19.6 Å². The number of aromatic nitrogens is 1. The van der Waals surface area contributed by atoms with Gasteiger partial charge in [0.05, 0.1) is 5.69 Å². The van der Waals surface area contributed by atoms with Gasteiger partial charge in [0.15, 0.2) is 0 Å². The van der Waals surface area contributed by atoms with Crippen LogP contribution in [0.2, 0.25) is 0 Å². The molecule has 0 radical (unpaired) electrons. The molecule has 2 aromatic rings. The first-order chi connectivity index (χ1) is 11.9. The molecule has 3 rings (SSSR count).